The molecule has 0 amide bonds. The average molecular weight is 225 g/mol. The molecule has 0 saturated carbocycles. The number of nitrogens with two attached hydrogens (primary N) is 1. The minimum Gasteiger partial charge on any atom is -0.382 e. The molecule has 1 aromatic carbocycles. The molecule has 2 aromatic rings. The van der Waals surface area contributed by atoms with Gasteiger partial charge in [-0.3, -0.25) is 0 Å². The summed E-state index contributed by atoms with van der Waals surface area (Å²) in [7, 11) is 0. The van der Waals surface area contributed by atoms with Gasteiger partial charge in [-0.15, -0.1) is 0 Å². The van der Waals surface area contributed by atoms with E-state index in [4.69, 9.17) is 5.73 Å². The Morgan fingerprint density at radius 3 is 2.41 bits per heavy atom. The van der Waals surface area contributed by atoms with E-state index >= 15 is 0 Å². The summed E-state index contributed by atoms with van der Waals surface area (Å²) in [5, 5.41) is 3.47. The molecule has 0 atom stereocenters. The first-order chi connectivity index (χ1) is 8.33. The van der Waals surface area contributed by atoms with Gasteiger partial charge in [0.15, 0.2) is 0 Å². The van der Waals surface area contributed by atoms with Crippen LogP contribution in [0.1, 0.15) is 11.1 Å². The van der Waals surface area contributed by atoms with Gasteiger partial charge in [0.05, 0.1) is 5.69 Å². The largest absolute Gasteiger partial charge is 0.382 e. The van der Waals surface area contributed by atoms with E-state index in [1.54, 1.807) is 6.20 Å². The number of aromatic nitrogens is 1. The van der Waals surface area contributed by atoms with E-state index in [9.17, 15) is 0 Å². The number of fused-ring (bicyclic) bond motifs is 1. The van der Waals surface area contributed by atoms with Crippen molar-refractivity contribution in [2.75, 3.05) is 11.1 Å². The maximum atomic E-state index is 5.83. The van der Waals surface area contributed by atoms with Crippen molar-refractivity contribution in [1.82, 2.24) is 4.98 Å². The minimum absolute atomic E-state index is 0.430. The third-order valence-electron chi connectivity index (χ3n) is 3.25. The fourth-order valence-electron chi connectivity index (χ4n) is 2.42. The van der Waals surface area contributed by atoms with E-state index in [0.29, 0.717) is 11.9 Å². The van der Waals surface area contributed by atoms with Crippen molar-refractivity contribution in [2.45, 2.75) is 18.9 Å². The van der Waals surface area contributed by atoms with Crippen LogP contribution in [0.4, 0.5) is 11.5 Å². The van der Waals surface area contributed by atoms with Crippen molar-refractivity contribution >= 4 is 11.5 Å². The molecule has 0 saturated heterocycles. The molecule has 0 fully saturated rings. The lowest BCUT2D eigenvalue weighted by molar-refractivity contribution is 0.774. The maximum absolute atomic E-state index is 5.83. The third-order valence-corrected chi connectivity index (χ3v) is 3.25. The minimum atomic E-state index is 0.430. The second-order valence-corrected chi connectivity index (χ2v) is 4.45. The first-order valence-electron chi connectivity index (χ1n) is 5.87. The summed E-state index contributed by atoms with van der Waals surface area (Å²) in [6.45, 7) is 0. The van der Waals surface area contributed by atoms with Gasteiger partial charge < -0.3 is 11.1 Å². The van der Waals surface area contributed by atoms with Gasteiger partial charge in [0.2, 0.25) is 0 Å². The first-order valence-corrected chi connectivity index (χ1v) is 5.87. The molecule has 3 heteroatoms. The standard InChI is InChI=1S/C14H15N3/c15-14-13(6-3-7-16-14)17-12-8-10-4-1-2-5-11(10)9-12/h1-7,12,17H,8-9H2,(H2,15,16). The lowest BCUT2D eigenvalue weighted by Crippen LogP contribution is -2.20. The Kier molecular flexibility index (Phi) is 2.44. The third kappa shape index (κ3) is 1.96. The highest BCUT2D eigenvalue weighted by Crippen LogP contribution is 2.25. The van der Waals surface area contributed by atoms with Crippen molar-refractivity contribution in [2.24, 2.45) is 0 Å². The molecular formula is C14H15N3. The van der Waals surface area contributed by atoms with Gasteiger partial charge in [0, 0.05) is 12.2 Å². The molecule has 17 heavy (non-hydrogen) atoms. The highest BCUT2D eigenvalue weighted by molar-refractivity contribution is 5.62. The monoisotopic (exact) mass is 225 g/mol. The Morgan fingerprint density at radius 2 is 1.76 bits per heavy atom. The summed E-state index contributed by atoms with van der Waals surface area (Å²) in [5.41, 5.74) is 9.64. The number of rotatable bonds is 2. The number of hydrogen-bond acceptors (Lipinski definition) is 3. The number of hydrogen-bond donors (Lipinski definition) is 2. The molecule has 3 rings (SSSR count). The topological polar surface area (TPSA) is 50.9 Å². The van der Waals surface area contributed by atoms with Crippen LogP contribution in [-0.2, 0) is 12.8 Å². The van der Waals surface area contributed by atoms with Gasteiger partial charge in [-0.1, -0.05) is 24.3 Å². The second kappa shape index (κ2) is 4.09. The molecule has 0 unspecified atom stereocenters. The highest BCUT2D eigenvalue weighted by atomic mass is 15.0. The van der Waals surface area contributed by atoms with Gasteiger partial charge in [-0.25, -0.2) is 4.98 Å². The zero-order valence-electron chi connectivity index (χ0n) is 9.56. The molecule has 0 aliphatic heterocycles. The zero-order chi connectivity index (χ0) is 11.7. The van der Waals surface area contributed by atoms with Crippen LogP contribution < -0.4 is 11.1 Å². The average Bonchev–Trinajstić information content (AvgIpc) is 2.74. The van der Waals surface area contributed by atoms with Crippen molar-refractivity contribution in [3.05, 3.63) is 53.7 Å². The van der Waals surface area contributed by atoms with Crippen molar-refractivity contribution in [3.63, 3.8) is 0 Å². The molecule has 0 bridgehead atoms. The fourth-order valence-corrected chi connectivity index (χ4v) is 2.42. The summed E-state index contributed by atoms with van der Waals surface area (Å²) in [6.07, 6.45) is 3.83. The van der Waals surface area contributed by atoms with E-state index in [1.165, 1.54) is 11.1 Å². The van der Waals surface area contributed by atoms with E-state index in [1.807, 2.05) is 12.1 Å². The maximum Gasteiger partial charge on any atom is 0.146 e. The van der Waals surface area contributed by atoms with Crippen LogP contribution >= 0.6 is 0 Å². The Balaban J connectivity index is 1.76. The second-order valence-electron chi connectivity index (χ2n) is 4.45. The molecule has 3 nitrogen and oxygen atoms in total. The van der Waals surface area contributed by atoms with Crippen LogP contribution in [0.3, 0.4) is 0 Å². The van der Waals surface area contributed by atoms with E-state index in [0.717, 1.165) is 18.5 Å². The van der Waals surface area contributed by atoms with Crippen LogP contribution in [-0.4, -0.2) is 11.0 Å². The lowest BCUT2D eigenvalue weighted by Gasteiger charge is -2.14. The van der Waals surface area contributed by atoms with Crippen LogP contribution in [0.15, 0.2) is 42.6 Å². The van der Waals surface area contributed by atoms with Crippen LogP contribution in [0.5, 0.6) is 0 Å². The van der Waals surface area contributed by atoms with E-state index < -0.39 is 0 Å². The number of pyridine rings is 1. The van der Waals surface area contributed by atoms with Crippen LogP contribution in [0.25, 0.3) is 0 Å². The molecule has 1 aliphatic carbocycles. The summed E-state index contributed by atoms with van der Waals surface area (Å²) in [5.74, 6) is 0.573. The van der Waals surface area contributed by atoms with Gasteiger partial charge in [0.25, 0.3) is 0 Å². The molecule has 86 valence electrons. The predicted octanol–water partition coefficient (Wildman–Crippen LogP) is 2.24. The molecule has 0 spiro atoms. The fraction of sp³-hybridized carbons (Fsp3) is 0.214. The molecule has 1 heterocycles. The normalized spacial score (nSPS) is 14.6. The Bertz CT molecular complexity index is 511. The van der Waals surface area contributed by atoms with Gasteiger partial charge >= 0.3 is 0 Å². The quantitative estimate of drug-likeness (QED) is 0.824. The summed E-state index contributed by atoms with van der Waals surface area (Å²) >= 11 is 0. The zero-order valence-corrected chi connectivity index (χ0v) is 9.56. The number of benzene rings is 1. The van der Waals surface area contributed by atoms with Crippen LogP contribution in [0, 0.1) is 0 Å². The van der Waals surface area contributed by atoms with Gasteiger partial charge in [0.1, 0.15) is 5.82 Å². The number of nitrogens with zero attached hydrogens (tertiary/aromatic N) is 1. The Morgan fingerprint density at radius 1 is 1.06 bits per heavy atom. The molecule has 1 aliphatic rings. The predicted molar refractivity (Wildman–Crippen MR) is 69.9 cm³/mol. The van der Waals surface area contributed by atoms with Gasteiger partial charge in [-0.05, 0) is 36.1 Å². The summed E-state index contributed by atoms with van der Waals surface area (Å²) in [4.78, 5) is 4.09. The molecular weight excluding hydrogens is 210 g/mol. The molecule has 1 aromatic heterocycles. The lowest BCUT2D eigenvalue weighted by atomic mass is 10.1. The Hall–Kier alpha value is -2.03. The number of nitrogen functional groups attached to an aromatic ring is 1. The SMILES string of the molecule is Nc1ncccc1NC1Cc2ccccc2C1. The van der Waals surface area contributed by atoms with Crippen molar-refractivity contribution in [1.29, 1.82) is 0 Å². The summed E-state index contributed by atoms with van der Waals surface area (Å²) in [6, 6.07) is 12.9. The smallest absolute Gasteiger partial charge is 0.146 e. The number of nitrogens with one attached hydrogen (secondary N) is 1. The van der Waals surface area contributed by atoms with Crippen LogP contribution in [0.2, 0.25) is 0 Å². The van der Waals surface area contributed by atoms with E-state index in [-0.39, 0.29) is 0 Å². The van der Waals surface area contributed by atoms with Gasteiger partial charge in [-0.2, -0.15) is 0 Å². The molecule has 0 radical (unpaired) electrons. The Labute approximate surface area is 101 Å². The highest BCUT2D eigenvalue weighted by Gasteiger charge is 2.20. The first kappa shape index (κ1) is 10.1. The van der Waals surface area contributed by atoms with Crippen molar-refractivity contribution < 1.29 is 0 Å². The van der Waals surface area contributed by atoms with E-state index in [2.05, 4.69) is 34.6 Å². The summed E-state index contributed by atoms with van der Waals surface area (Å²) < 4.78 is 0. The van der Waals surface area contributed by atoms with Crippen molar-refractivity contribution in [3.8, 4) is 0 Å². The molecule has 3 N–H and O–H groups in total. The number of anilines is 2.